The molecule has 0 atom stereocenters. The smallest absolute Gasteiger partial charge is 0.193 e. The zero-order chi connectivity index (χ0) is 15.4. The zero-order valence-electron chi connectivity index (χ0n) is 12.9. The number of hydrogen-bond acceptors (Lipinski definition) is 3. The molecule has 114 valence electrons. The Kier molecular flexibility index (Phi) is 4.96. The van der Waals surface area contributed by atoms with E-state index in [1.54, 1.807) is 0 Å². The van der Waals surface area contributed by atoms with E-state index in [4.69, 9.17) is 0 Å². The molecule has 0 aromatic heterocycles. The molecule has 0 spiro atoms. The largest absolute Gasteiger partial charge is 0.297 e. The summed E-state index contributed by atoms with van der Waals surface area (Å²) in [5.41, 5.74) is 3.98. The number of carbonyl (C=O) groups excluding carboxylic acids is 1. The van der Waals surface area contributed by atoms with Crippen LogP contribution in [-0.2, 0) is 6.54 Å². The van der Waals surface area contributed by atoms with Crippen LogP contribution in [0.4, 0.5) is 0 Å². The Bertz CT molecular complexity index is 627. The summed E-state index contributed by atoms with van der Waals surface area (Å²) >= 11 is 2.03. The number of thioether (sulfide) groups is 1. The Morgan fingerprint density at radius 3 is 2.09 bits per heavy atom. The molecular formula is C19H21NOS. The van der Waals surface area contributed by atoms with Gasteiger partial charge in [-0.2, -0.15) is 11.8 Å². The average Bonchev–Trinajstić information content (AvgIpc) is 2.57. The lowest BCUT2D eigenvalue weighted by atomic mass is 10.0. The van der Waals surface area contributed by atoms with Crippen molar-refractivity contribution in [1.82, 2.24) is 4.90 Å². The molecule has 0 aliphatic carbocycles. The second-order valence-corrected chi connectivity index (χ2v) is 7.01. The molecule has 2 aromatic carbocycles. The molecule has 3 heteroatoms. The Labute approximate surface area is 136 Å². The van der Waals surface area contributed by atoms with Crippen molar-refractivity contribution in [2.45, 2.75) is 13.5 Å². The summed E-state index contributed by atoms with van der Waals surface area (Å²) in [6, 6.07) is 15.8. The van der Waals surface area contributed by atoms with Gasteiger partial charge in [-0.15, -0.1) is 0 Å². The third-order valence-electron chi connectivity index (χ3n) is 4.04. The van der Waals surface area contributed by atoms with Gasteiger partial charge in [-0.25, -0.2) is 0 Å². The fraction of sp³-hybridized carbons (Fsp3) is 0.316. The lowest BCUT2D eigenvalue weighted by Crippen LogP contribution is -2.31. The third kappa shape index (κ3) is 3.79. The van der Waals surface area contributed by atoms with E-state index in [0.717, 1.165) is 30.8 Å². The number of hydrogen-bond donors (Lipinski definition) is 0. The van der Waals surface area contributed by atoms with Crippen molar-refractivity contribution in [3.05, 3.63) is 70.8 Å². The van der Waals surface area contributed by atoms with Crippen LogP contribution in [0, 0.1) is 6.92 Å². The van der Waals surface area contributed by atoms with Gasteiger partial charge in [-0.3, -0.25) is 9.69 Å². The number of nitrogens with zero attached hydrogens (tertiary/aromatic N) is 1. The Morgan fingerprint density at radius 2 is 1.50 bits per heavy atom. The maximum atomic E-state index is 12.4. The molecule has 22 heavy (non-hydrogen) atoms. The first kappa shape index (κ1) is 15.3. The number of benzene rings is 2. The molecule has 2 nitrogen and oxygen atoms in total. The van der Waals surface area contributed by atoms with Gasteiger partial charge in [0.15, 0.2) is 5.78 Å². The van der Waals surface area contributed by atoms with Crippen LogP contribution in [0.2, 0.25) is 0 Å². The molecule has 3 rings (SSSR count). The first-order chi connectivity index (χ1) is 10.7. The van der Waals surface area contributed by atoms with Gasteiger partial charge < -0.3 is 0 Å². The highest BCUT2D eigenvalue weighted by Gasteiger charge is 2.12. The second kappa shape index (κ2) is 7.12. The van der Waals surface area contributed by atoms with Crippen LogP contribution in [0.15, 0.2) is 48.5 Å². The summed E-state index contributed by atoms with van der Waals surface area (Å²) in [7, 11) is 0. The van der Waals surface area contributed by atoms with E-state index in [-0.39, 0.29) is 5.78 Å². The topological polar surface area (TPSA) is 20.3 Å². The molecule has 1 fully saturated rings. The number of aryl methyl sites for hydroxylation is 1. The molecule has 0 saturated carbocycles. The molecule has 0 N–H and O–H groups in total. The van der Waals surface area contributed by atoms with Gasteiger partial charge in [0.05, 0.1) is 0 Å². The average molecular weight is 311 g/mol. The summed E-state index contributed by atoms with van der Waals surface area (Å²) in [4.78, 5) is 14.9. The van der Waals surface area contributed by atoms with E-state index in [0.29, 0.717) is 0 Å². The van der Waals surface area contributed by atoms with Gasteiger partial charge >= 0.3 is 0 Å². The lowest BCUT2D eigenvalue weighted by Gasteiger charge is -2.26. The van der Waals surface area contributed by atoms with Gasteiger partial charge in [0.1, 0.15) is 0 Å². The molecule has 0 radical (unpaired) electrons. The molecule has 0 amide bonds. The summed E-state index contributed by atoms with van der Waals surface area (Å²) in [6.07, 6.45) is 0. The minimum Gasteiger partial charge on any atom is -0.297 e. The Balaban J connectivity index is 1.68. The standard InChI is InChI=1S/C19H21NOS/c1-15-2-6-17(7-3-15)19(21)18-8-4-16(5-9-18)14-20-10-12-22-13-11-20/h2-9H,10-14H2,1H3. The molecule has 1 saturated heterocycles. The fourth-order valence-corrected chi connectivity index (χ4v) is 3.63. The van der Waals surface area contributed by atoms with Crippen molar-refractivity contribution in [2.24, 2.45) is 0 Å². The Morgan fingerprint density at radius 1 is 0.955 bits per heavy atom. The summed E-state index contributed by atoms with van der Waals surface area (Å²) < 4.78 is 0. The number of rotatable bonds is 4. The fourth-order valence-electron chi connectivity index (χ4n) is 2.65. The van der Waals surface area contributed by atoms with E-state index in [1.807, 2.05) is 55.1 Å². The highest BCUT2D eigenvalue weighted by atomic mass is 32.2. The molecule has 2 aromatic rings. The van der Waals surface area contributed by atoms with Crippen molar-refractivity contribution >= 4 is 17.5 Å². The first-order valence-corrected chi connectivity index (χ1v) is 8.88. The van der Waals surface area contributed by atoms with E-state index < -0.39 is 0 Å². The van der Waals surface area contributed by atoms with Crippen molar-refractivity contribution in [2.75, 3.05) is 24.6 Å². The highest BCUT2D eigenvalue weighted by Crippen LogP contribution is 2.15. The molecule has 1 aliphatic rings. The first-order valence-electron chi connectivity index (χ1n) is 7.73. The van der Waals surface area contributed by atoms with Crippen molar-refractivity contribution in [3.8, 4) is 0 Å². The maximum absolute atomic E-state index is 12.4. The summed E-state index contributed by atoms with van der Waals surface area (Å²) in [5.74, 6) is 2.55. The summed E-state index contributed by atoms with van der Waals surface area (Å²) in [6.45, 7) is 5.34. The molecule has 0 unspecified atom stereocenters. The molecular weight excluding hydrogens is 290 g/mol. The lowest BCUT2D eigenvalue weighted by molar-refractivity contribution is 0.103. The molecule has 1 heterocycles. The van der Waals surface area contributed by atoms with Crippen LogP contribution in [-0.4, -0.2) is 35.3 Å². The van der Waals surface area contributed by atoms with Crippen molar-refractivity contribution < 1.29 is 4.79 Å². The van der Waals surface area contributed by atoms with Crippen LogP contribution < -0.4 is 0 Å². The van der Waals surface area contributed by atoms with Crippen molar-refractivity contribution in [1.29, 1.82) is 0 Å². The highest BCUT2D eigenvalue weighted by molar-refractivity contribution is 7.99. The minimum absolute atomic E-state index is 0.0981. The number of carbonyl (C=O) groups is 1. The van der Waals surface area contributed by atoms with Gasteiger partial charge in [0.2, 0.25) is 0 Å². The SMILES string of the molecule is Cc1ccc(C(=O)c2ccc(CN3CCSCC3)cc2)cc1. The predicted molar refractivity (Wildman–Crippen MR) is 93.7 cm³/mol. The zero-order valence-corrected chi connectivity index (χ0v) is 13.7. The van der Waals surface area contributed by atoms with Gasteiger partial charge in [0.25, 0.3) is 0 Å². The molecule has 0 bridgehead atoms. The van der Waals surface area contributed by atoms with Gasteiger partial charge in [0, 0.05) is 42.3 Å². The van der Waals surface area contributed by atoms with Crippen molar-refractivity contribution in [3.63, 3.8) is 0 Å². The van der Waals surface area contributed by atoms with Gasteiger partial charge in [-0.1, -0.05) is 54.1 Å². The Hall–Kier alpha value is -1.58. The van der Waals surface area contributed by atoms with E-state index in [1.165, 1.54) is 22.6 Å². The quantitative estimate of drug-likeness (QED) is 0.802. The van der Waals surface area contributed by atoms with E-state index in [2.05, 4.69) is 17.0 Å². The van der Waals surface area contributed by atoms with E-state index in [9.17, 15) is 4.79 Å². The van der Waals surface area contributed by atoms with Gasteiger partial charge in [-0.05, 0) is 12.5 Å². The van der Waals surface area contributed by atoms with Crippen LogP contribution in [0.3, 0.4) is 0 Å². The summed E-state index contributed by atoms with van der Waals surface area (Å²) in [5, 5.41) is 0. The van der Waals surface area contributed by atoms with Crippen LogP contribution in [0.5, 0.6) is 0 Å². The second-order valence-electron chi connectivity index (χ2n) is 5.78. The normalized spacial score (nSPS) is 15.7. The predicted octanol–water partition coefficient (Wildman–Crippen LogP) is 3.77. The monoisotopic (exact) mass is 311 g/mol. The third-order valence-corrected chi connectivity index (χ3v) is 4.98. The van der Waals surface area contributed by atoms with Crippen LogP contribution in [0.1, 0.15) is 27.0 Å². The molecule has 1 aliphatic heterocycles. The number of ketones is 1. The maximum Gasteiger partial charge on any atom is 0.193 e. The van der Waals surface area contributed by atoms with E-state index >= 15 is 0 Å². The van der Waals surface area contributed by atoms with Crippen LogP contribution >= 0.6 is 11.8 Å². The minimum atomic E-state index is 0.0981. The van der Waals surface area contributed by atoms with Crippen LogP contribution in [0.25, 0.3) is 0 Å².